The second kappa shape index (κ2) is 7.06. The van der Waals surface area contributed by atoms with Gasteiger partial charge in [-0.1, -0.05) is 6.92 Å². The molecule has 0 aliphatic rings. The standard InChI is InChI=1S/C11H18F3N3S/c1-3-4-15-5-10-16-9(7-18-10)6-17(2)8-11(12,13)14/h7,15H,3-6,8H2,1-2H3. The molecule has 0 spiro atoms. The smallest absolute Gasteiger partial charge is 0.310 e. The number of hydrogen-bond acceptors (Lipinski definition) is 4. The lowest BCUT2D eigenvalue weighted by atomic mass is 10.4. The maximum atomic E-state index is 12.2. The van der Waals surface area contributed by atoms with Gasteiger partial charge in [0.25, 0.3) is 0 Å². The van der Waals surface area contributed by atoms with Crippen LogP contribution >= 0.6 is 11.3 Å². The van der Waals surface area contributed by atoms with Crippen molar-refractivity contribution in [1.29, 1.82) is 0 Å². The summed E-state index contributed by atoms with van der Waals surface area (Å²) in [5, 5.41) is 5.94. The fraction of sp³-hybridized carbons (Fsp3) is 0.727. The van der Waals surface area contributed by atoms with Crippen LogP contribution in [0.1, 0.15) is 24.0 Å². The largest absolute Gasteiger partial charge is 0.401 e. The van der Waals surface area contributed by atoms with Crippen LogP contribution in [0.3, 0.4) is 0 Å². The third kappa shape index (κ3) is 6.32. The molecule has 7 heteroatoms. The van der Waals surface area contributed by atoms with E-state index < -0.39 is 12.7 Å². The van der Waals surface area contributed by atoms with Crippen molar-refractivity contribution in [3.63, 3.8) is 0 Å². The first-order valence-corrected chi connectivity index (χ1v) is 6.68. The molecule has 1 N–H and O–H groups in total. The molecule has 0 atom stereocenters. The highest BCUT2D eigenvalue weighted by atomic mass is 32.1. The fourth-order valence-electron chi connectivity index (χ4n) is 1.51. The number of halogens is 3. The lowest BCUT2D eigenvalue weighted by Gasteiger charge is -2.16. The average Bonchev–Trinajstić information content (AvgIpc) is 2.63. The molecule has 0 saturated heterocycles. The van der Waals surface area contributed by atoms with Gasteiger partial charge in [-0.2, -0.15) is 13.2 Å². The van der Waals surface area contributed by atoms with Crippen molar-refractivity contribution in [3.05, 3.63) is 16.1 Å². The molecule has 0 bridgehead atoms. The van der Waals surface area contributed by atoms with E-state index in [2.05, 4.69) is 17.2 Å². The average molecular weight is 281 g/mol. The molecule has 1 aromatic heterocycles. The maximum absolute atomic E-state index is 12.2. The van der Waals surface area contributed by atoms with Gasteiger partial charge in [-0.25, -0.2) is 4.98 Å². The Bertz CT molecular complexity index is 352. The van der Waals surface area contributed by atoms with Gasteiger partial charge in [0.05, 0.1) is 12.2 Å². The first-order chi connectivity index (χ1) is 8.40. The van der Waals surface area contributed by atoms with Crippen LogP contribution in [0.15, 0.2) is 5.38 Å². The van der Waals surface area contributed by atoms with E-state index in [1.54, 1.807) is 0 Å². The molecular formula is C11H18F3N3S. The Hall–Kier alpha value is -0.660. The maximum Gasteiger partial charge on any atom is 0.401 e. The summed E-state index contributed by atoms with van der Waals surface area (Å²) in [6.45, 7) is 2.99. The van der Waals surface area contributed by atoms with Crippen LogP contribution in [0.2, 0.25) is 0 Å². The third-order valence-electron chi connectivity index (χ3n) is 2.18. The topological polar surface area (TPSA) is 28.2 Å². The van der Waals surface area contributed by atoms with Gasteiger partial charge in [0.1, 0.15) is 5.01 Å². The first-order valence-electron chi connectivity index (χ1n) is 5.80. The summed E-state index contributed by atoms with van der Waals surface area (Å²) in [5.41, 5.74) is 0.694. The number of nitrogens with zero attached hydrogens (tertiary/aromatic N) is 2. The minimum Gasteiger partial charge on any atom is -0.310 e. The van der Waals surface area contributed by atoms with Gasteiger partial charge >= 0.3 is 6.18 Å². The SMILES string of the molecule is CCCNCc1nc(CN(C)CC(F)(F)F)cs1. The fourth-order valence-corrected chi connectivity index (χ4v) is 2.27. The summed E-state index contributed by atoms with van der Waals surface area (Å²) < 4.78 is 36.5. The van der Waals surface area contributed by atoms with E-state index in [0.717, 1.165) is 18.0 Å². The molecule has 18 heavy (non-hydrogen) atoms. The van der Waals surface area contributed by atoms with Gasteiger partial charge in [0.2, 0.25) is 0 Å². The summed E-state index contributed by atoms with van der Waals surface area (Å²) in [7, 11) is 1.45. The van der Waals surface area contributed by atoms with E-state index in [-0.39, 0.29) is 6.54 Å². The predicted octanol–water partition coefficient (Wildman–Crippen LogP) is 2.64. The Morgan fingerprint density at radius 3 is 2.78 bits per heavy atom. The van der Waals surface area contributed by atoms with Crippen molar-refractivity contribution in [2.24, 2.45) is 0 Å². The van der Waals surface area contributed by atoms with Crippen molar-refractivity contribution < 1.29 is 13.2 Å². The predicted molar refractivity (Wildman–Crippen MR) is 66.5 cm³/mol. The zero-order valence-electron chi connectivity index (χ0n) is 10.5. The molecule has 1 rings (SSSR count). The Labute approximate surface area is 109 Å². The molecule has 0 radical (unpaired) electrons. The lowest BCUT2D eigenvalue weighted by molar-refractivity contribution is -0.144. The van der Waals surface area contributed by atoms with Crippen molar-refractivity contribution in [3.8, 4) is 0 Å². The Morgan fingerprint density at radius 1 is 1.44 bits per heavy atom. The molecular weight excluding hydrogens is 263 g/mol. The van der Waals surface area contributed by atoms with Gasteiger partial charge in [0, 0.05) is 18.5 Å². The molecule has 0 aliphatic heterocycles. The van der Waals surface area contributed by atoms with Crippen LogP contribution in [0.25, 0.3) is 0 Å². The zero-order valence-corrected chi connectivity index (χ0v) is 11.4. The molecule has 0 aromatic carbocycles. The van der Waals surface area contributed by atoms with Gasteiger partial charge in [-0.15, -0.1) is 11.3 Å². The minimum absolute atomic E-state index is 0.226. The quantitative estimate of drug-likeness (QED) is 0.779. The highest BCUT2D eigenvalue weighted by Crippen LogP contribution is 2.17. The van der Waals surface area contributed by atoms with Crippen LogP contribution < -0.4 is 5.32 Å². The van der Waals surface area contributed by atoms with E-state index in [1.807, 2.05) is 5.38 Å². The van der Waals surface area contributed by atoms with Gasteiger partial charge in [-0.05, 0) is 20.0 Å². The summed E-state index contributed by atoms with van der Waals surface area (Å²) in [6, 6.07) is 0. The van der Waals surface area contributed by atoms with E-state index in [4.69, 9.17) is 0 Å². The van der Waals surface area contributed by atoms with Gasteiger partial charge in [-0.3, -0.25) is 4.90 Å². The number of alkyl halides is 3. The molecule has 0 saturated carbocycles. The number of aromatic nitrogens is 1. The molecule has 104 valence electrons. The third-order valence-corrected chi connectivity index (χ3v) is 3.08. The summed E-state index contributed by atoms with van der Waals surface area (Å²) in [5.74, 6) is 0. The molecule has 0 amide bonds. The summed E-state index contributed by atoms with van der Waals surface area (Å²) >= 11 is 1.48. The van der Waals surface area contributed by atoms with Crippen molar-refractivity contribution >= 4 is 11.3 Å². The molecule has 1 heterocycles. The van der Waals surface area contributed by atoms with E-state index in [0.29, 0.717) is 12.2 Å². The molecule has 0 unspecified atom stereocenters. The molecule has 0 fully saturated rings. The van der Waals surface area contributed by atoms with Crippen LogP contribution in [-0.4, -0.2) is 36.2 Å². The number of thiazole rings is 1. The number of rotatable bonds is 7. The zero-order chi connectivity index (χ0) is 13.6. The second-order valence-electron chi connectivity index (χ2n) is 4.20. The molecule has 1 aromatic rings. The summed E-state index contributed by atoms with van der Waals surface area (Å²) in [4.78, 5) is 5.52. The Morgan fingerprint density at radius 2 is 2.17 bits per heavy atom. The highest BCUT2D eigenvalue weighted by molar-refractivity contribution is 7.09. The monoisotopic (exact) mass is 281 g/mol. The molecule has 0 aliphatic carbocycles. The second-order valence-corrected chi connectivity index (χ2v) is 5.14. The lowest BCUT2D eigenvalue weighted by Crippen LogP contribution is -2.30. The highest BCUT2D eigenvalue weighted by Gasteiger charge is 2.29. The minimum atomic E-state index is -4.16. The van der Waals surface area contributed by atoms with Crippen molar-refractivity contribution in [2.45, 2.75) is 32.6 Å². The van der Waals surface area contributed by atoms with Crippen molar-refractivity contribution in [2.75, 3.05) is 20.1 Å². The number of hydrogen-bond donors (Lipinski definition) is 1. The van der Waals surface area contributed by atoms with E-state index in [1.165, 1.54) is 23.3 Å². The van der Waals surface area contributed by atoms with Crippen molar-refractivity contribution in [1.82, 2.24) is 15.2 Å². The van der Waals surface area contributed by atoms with Crippen LogP contribution in [-0.2, 0) is 13.1 Å². The Balaban J connectivity index is 2.38. The Kier molecular flexibility index (Phi) is 6.04. The van der Waals surface area contributed by atoms with E-state index in [9.17, 15) is 13.2 Å². The van der Waals surface area contributed by atoms with Crippen LogP contribution in [0, 0.1) is 0 Å². The van der Waals surface area contributed by atoms with Gasteiger partial charge < -0.3 is 5.32 Å². The first kappa shape index (κ1) is 15.4. The summed E-state index contributed by atoms with van der Waals surface area (Å²) in [6.07, 6.45) is -3.11. The normalized spacial score (nSPS) is 12.3. The number of nitrogens with one attached hydrogen (secondary N) is 1. The van der Waals surface area contributed by atoms with Crippen LogP contribution in [0.5, 0.6) is 0 Å². The van der Waals surface area contributed by atoms with Crippen LogP contribution in [0.4, 0.5) is 13.2 Å². The van der Waals surface area contributed by atoms with Gasteiger partial charge in [0.15, 0.2) is 0 Å². The molecule has 3 nitrogen and oxygen atoms in total. The van der Waals surface area contributed by atoms with E-state index >= 15 is 0 Å².